The van der Waals surface area contributed by atoms with E-state index in [0.717, 1.165) is 5.56 Å². The van der Waals surface area contributed by atoms with E-state index in [9.17, 15) is 4.79 Å². The van der Waals surface area contributed by atoms with Crippen molar-refractivity contribution >= 4 is 17.6 Å². The molecule has 1 N–H and O–H groups in total. The van der Waals surface area contributed by atoms with Crippen LogP contribution < -0.4 is 4.74 Å². The fraction of sp³-hybridized carbons (Fsp3) is 0.0769. The summed E-state index contributed by atoms with van der Waals surface area (Å²) < 4.78 is 5.18. The van der Waals surface area contributed by atoms with Crippen LogP contribution in [0.2, 0.25) is 5.02 Å². The molecule has 0 unspecified atom stereocenters. The first-order valence-corrected chi connectivity index (χ1v) is 5.53. The summed E-state index contributed by atoms with van der Waals surface area (Å²) in [7, 11) is 1.48. The fourth-order valence-corrected chi connectivity index (χ4v) is 1.79. The molecule has 0 aliphatic rings. The minimum Gasteiger partial charge on any atom is -0.496 e. The minimum atomic E-state index is -1.09. The molecule has 0 aliphatic heterocycles. The van der Waals surface area contributed by atoms with Gasteiger partial charge in [0.1, 0.15) is 5.75 Å². The Morgan fingerprint density at radius 3 is 2.78 bits per heavy atom. The average Bonchev–Trinajstić information content (AvgIpc) is 2.37. The molecule has 1 aromatic heterocycles. The maximum absolute atomic E-state index is 10.8. The summed E-state index contributed by atoms with van der Waals surface area (Å²) in [4.78, 5) is 14.7. The van der Waals surface area contributed by atoms with Crippen LogP contribution in [-0.4, -0.2) is 23.2 Å². The number of carbonyl (C=O) groups is 1. The number of nitrogens with zero attached hydrogens (tertiary/aromatic N) is 1. The molecule has 1 aromatic carbocycles. The Kier molecular flexibility index (Phi) is 3.48. The van der Waals surface area contributed by atoms with E-state index >= 15 is 0 Å². The van der Waals surface area contributed by atoms with E-state index in [-0.39, 0.29) is 5.69 Å². The molecule has 0 amide bonds. The Labute approximate surface area is 109 Å². The van der Waals surface area contributed by atoms with Crippen molar-refractivity contribution in [2.75, 3.05) is 7.11 Å². The molecule has 92 valence electrons. The molecule has 0 saturated heterocycles. The number of ether oxygens (including phenoxy) is 1. The fourth-order valence-electron chi connectivity index (χ4n) is 1.60. The standard InChI is InChI=1S/C13H10ClNO3/c1-18-12-6-11(13(16)17)15-7-10(12)8-3-2-4-9(14)5-8/h2-7H,1H3,(H,16,17). The van der Waals surface area contributed by atoms with Gasteiger partial charge < -0.3 is 9.84 Å². The molecular formula is C13H10ClNO3. The van der Waals surface area contributed by atoms with E-state index in [2.05, 4.69) is 4.98 Å². The number of rotatable bonds is 3. The van der Waals surface area contributed by atoms with E-state index in [1.807, 2.05) is 12.1 Å². The van der Waals surface area contributed by atoms with Crippen LogP contribution in [0.5, 0.6) is 5.75 Å². The molecule has 0 atom stereocenters. The van der Waals surface area contributed by atoms with Gasteiger partial charge in [-0.05, 0) is 17.7 Å². The number of halogens is 1. The lowest BCUT2D eigenvalue weighted by Crippen LogP contribution is -2.01. The maximum Gasteiger partial charge on any atom is 0.354 e. The summed E-state index contributed by atoms with van der Waals surface area (Å²) in [5.74, 6) is -0.643. The lowest BCUT2D eigenvalue weighted by Gasteiger charge is -2.09. The number of methoxy groups -OCH3 is 1. The van der Waals surface area contributed by atoms with Gasteiger partial charge in [-0.15, -0.1) is 0 Å². The number of benzene rings is 1. The van der Waals surface area contributed by atoms with Gasteiger partial charge in [0.05, 0.1) is 7.11 Å². The third-order valence-corrected chi connectivity index (χ3v) is 2.68. The van der Waals surface area contributed by atoms with Crippen LogP contribution in [0.25, 0.3) is 11.1 Å². The van der Waals surface area contributed by atoms with Gasteiger partial charge in [0.2, 0.25) is 0 Å². The van der Waals surface area contributed by atoms with Crippen molar-refractivity contribution in [3.63, 3.8) is 0 Å². The number of pyridine rings is 1. The number of aromatic nitrogens is 1. The van der Waals surface area contributed by atoms with Crippen LogP contribution in [0.1, 0.15) is 10.5 Å². The summed E-state index contributed by atoms with van der Waals surface area (Å²) in [5, 5.41) is 9.47. The SMILES string of the molecule is COc1cc(C(=O)O)ncc1-c1cccc(Cl)c1. The second-order valence-corrected chi connectivity index (χ2v) is 4.02. The first-order chi connectivity index (χ1) is 8.61. The Hall–Kier alpha value is -2.07. The predicted molar refractivity (Wildman–Crippen MR) is 68.2 cm³/mol. The monoisotopic (exact) mass is 263 g/mol. The highest BCUT2D eigenvalue weighted by atomic mass is 35.5. The van der Waals surface area contributed by atoms with Gasteiger partial charge in [-0.1, -0.05) is 23.7 Å². The smallest absolute Gasteiger partial charge is 0.354 e. The van der Waals surface area contributed by atoms with Crippen molar-refractivity contribution in [3.05, 3.63) is 47.2 Å². The predicted octanol–water partition coefficient (Wildman–Crippen LogP) is 3.11. The number of hydrogen-bond donors (Lipinski definition) is 1. The second-order valence-electron chi connectivity index (χ2n) is 3.59. The molecule has 1 heterocycles. The van der Waals surface area contributed by atoms with E-state index in [1.54, 1.807) is 12.1 Å². The van der Waals surface area contributed by atoms with Gasteiger partial charge >= 0.3 is 5.97 Å². The molecule has 18 heavy (non-hydrogen) atoms. The summed E-state index contributed by atoms with van der Waals surface area (Å²) in [6.07, 6.45) is 1.47. The highest BCUT2D eigenvalue weighted by Crippen LogP contribution is 2.31. The van der Waals surface area contributed by atoms with Crippen molar-refractivity contribution in [1.29, 1.82) is 0 Å². The van der Waals surface area contributed by atoms with Crippen LogP contribution in [-0.2, 0) is 0 Å². The molecule has 0 radical (unpaired) electrons. The lowest BCUT2D eigenvalue weighted by molar-refractivity contribution is 0.0690. The zero-order chi connectivity index (χ0) is 13.1. The van der Waals surface area contributed by atoms with Crippen LogP contribution in [0.3, 0.4) is 0 Å². The minimum absolute atomic E-state index is 0.0578. The molecule has 0 fully saturated rings. The Balaban J connectivity index is 2.54. The van der Waals surface area contributed by atoms with E-state index in [1.165, 1.54) is 19.4 Å². The zero-order valence-electron chi connectivity index (χ0n) is 9.55. The van der Waals surface area contributed by atoms with E-state index in [4.69, 9.17) is 21.4 Å². The quantitative estimate of drug-likeness (QED) is 0.924. The summed E-state index contributed by atoms with van der Waals surface area (Å²) in [6.45, 7) is 0. The van der Waals surface area contributed by atoms with Gasteiger partial charge in [0, 0.05) is 22.8 Å². The Morgan fingerprint density at radius 1 is 1.39 bits per heavy atom. The summed E-state index contributed by atoms with van der Waals surface area (Å²) in [6, 6.07) is 8.57. The molecule has 4 nitrogen and oxygen atoms in total. The maximum atomic E-state index is 10.8. The average molecular weight is 264 g/mol. The van der Waals surface area contributed by atoms with Crippen molar-refractivity contribution in [3.8, 4) is 16.9 Å². The van der Waals surface area contributed by atoms with Crippen molar-refractivity contribution in [2.24, 2.45) is 0 Å². The molecule has 2 rings (SSSR count). The van der Waals surface area contributed by atoms with Crippen molar-refractivity contribution < 1.29 is 14.6 Å². The highest BCUT2D eigenvalue weighted by Gasteiger charge is 2.12. The molecule has 2 aromatic rings. The Morgan fingerprint density at radius 2 is 2.17 bits per heavy atom. The van der Waals surface area contributed by atoms with Crippen LogP contribution in [0.15, 0.2) is 36.5 Å². The van der Waals surface area contributed by atoms with Gasteiger partial charge in [0.15, 0.2) is 5.69 Å². The second kappa shape index (κ2) is 5.06. The largest absolute Gasteiger partial charge is 0.496 e. The zero-order valence-corrected chi connectivity index (χ0v) is 10.3. The number of carboxylic acid groups (broad SMARTS) is 1. The van der Waals surface area contributed by atoms with Gasteiger partial charge in [0.25, 0.3) is 0 Å². The van der Waals surface area contributed by atoms with Crippen LogP contribution in [0, 0.1) is 0 Å². The normalized spacial score (nSPS) is 10.1. The van der Waals surface area contributed by atoms with E-state index in [0.29, 0.717) is 16.3 Å². The molecule has 0 saturated carbocycles. The summed E-state index contributed by atoms with van der Waals surface area (Å²) >= 11 is 5.92. The first kappa shape index (κ1) is 12.4. The third-order valence-electron chi connectivity index (χ3n) is 2.44. The summed E-state index contributed by atoms with van der Waals surface area (Å²) in [5.41, 5.74) is 1.46. The number of hydrogen-bond acceptors (Lipinski definition) is 3. The first-order valence-electron chi connectivity index (χ1n) is 5.15. The van der Waals surface area contributed by atoms with Crippen molar-refractivity contribution in [2.45, 2.75) is 0 Å². The van der Waals surface area contributed by atoms with Crippen LogP contribution >= 0.6 is 11.6 Å². The van der Waals surface area contributed by atoms with E-state index < -0.39 is 5.97 Å². The van der Waals surface area contributed by atoms with Gasteiger partial charge in [-0.25, -0.2) is 9.78 Å². The lowest BCUT2D eigenvalue weighted by atomic mass is 10.1. The molecule has 0 spiro atoms. The molecule has 0 aliphatic carbocycles. The highest BCUT2D eigenvalue weighted by molar-refractivity contribution is 6.30. The Bertz CT molecular complexity index is 599. The molecule has 5 heteroatoms. The number of aromatic carboxylic acids is 1. The molecular weight excluding hydrogens is 254 g/mol. The van der Waals surface area contributed by atoms with Crippen LogP contribution in [0.4, 0.5) is 0 Å². The van der Waals surface area contributed by atoms with Crippen molar-refractivity contribution in [1.82, 2.24) is 4.98 Å². The topological polar surface area (TPSA) is 59.4 Å². The van der Waals surface area contributed by atoms with Gasteiger partial charge in [-0.3, -0.25) is 0 Å². The molecule has 0 bridgehead atoms. The number of carboxylic acids is 1. The third kappa shape index (κ3) is 2.43. The van der Waals surface area contributed by atoms with Gasteiger partial charge in [-0.2, -0.15) is 0 Å².